The molecule has 0 aliphatic carbocycles. The molecule has 0 atom stereocenters. The van der Waals surface area contributed by atoms with Crippen molar-refractivity contribution < 1.29 is 54.1 Å². The van der Waals surface area contributed by atoms with Gasteiger partial charge in [-0.3, -0.25) is 0 Å². The third-order valence-electron chi connectivity index (χ3n) is 8.45. The molecular weight excluding hydrogens is 671 g/mol. The molecule has 0 radical (unpaired) electrons. The Balaban J connectivity index is 1.27. The second-order valence-electron chi connectivity index (χ2n) is 11.5. The maximum Gasteiger partial charge on any atom is 0.143 e. The number of hydrogen-bond acceptors (Lipinski definition) is 3. The van der Waals surface area contributed by atoms with E-state index in [4.69, 9.17) is 36.2 Å². The van der Waals surface area contributed by atoms with Crippen LogP contribution in [0.5, 0.6) is 0 Å². The van der Waals surface area contributed by atoms with Crippen molar-refractivity contribution in [1.82, 2.24) is 0 Å². The Labute approximate surface area is 364 Å². The lowest BCUT2D eigenvalue weighted by Crippen LogP contribution is -2.10. The van der Waals surface area contributed by atoms with Crippen LogP contribution in [0.2, 0.25) is 0 Å². The number of anilines is 3. The molecular formula is C52H33NO2. The van der Waals surface area contributed by atoms with E-state index in [-0.39, 0.29) is 0 Å². The Hall–Kier alpha value is -7.36. The molecule has 0 unspecified atom stereocenters. The second-order valence-corrected chi connectivity index (χ2v) is 11.5. The number of rotatable bonds is 6. The lowest BCUT2D eigenvalue weighted by Gasteiger charge is -2.26. The predicted molar refractivity (Wildman–Crippen MR) is 229 cm³/mol. The Bertz CT molecular complexity index is 5050. The summed E-state index contributed by atoms with van der Waals surface area (Å²) in [6.07, 6.45) is 0. The van der Waals surface area contributed by atoms with Crippen molar-refractivity contribution in [3.05, 3.63) is 199 Å². The average Bonchev–Trinajstić information content (AvgIpc) is 1.31. The average molecular weight is 737 g/mol. The van der Waals surface area contributed by atoms with Crippen molar-refractivity contribution in [2.24, 2.45) is 0 Å². The van der Waals surface area contributed by atoms with Crippen LogP contribution in [0.4, 0.5) is 17.1 Å². The van der Waals surface area contributed by atoms with Gasteiger partial charge in [0.15, 0.2) is 0 Å². The van der Waals surface area contributed by atoms with E-state index in [1.54, 1.807) is 0 Å². The molecule has 2 heterocycles. The zero-order valence-electron chi connectivity index (χ0n) is 60.3. The Morgan fingerprint density at radius 1 is 0.345 bits per heavy atom. The fourth-order valence-electron chi connectivity index (χ4n) is 6.00. The first-order chi connectivity index (χ1) is 41.0. The van der Waals surface area contributed by atoms with E-state index in [2.05, 4.69) is 0 Å². The van der Waals surface area contributed by atoms with Gasteiger partial charge < -0.3 is 13.7 Å². The fourth-order valence-corrected chi connectivity index (χ4v) is 6.00. The first-order valence-corrected chi connectivity index (χ1v) is 16.0. The molecule has 0 aliphatic rings. The highest BCUT2D eigenvalue weighted by atomic mass is 16.3. The Morgan fingerprint density at radius 3 is 1.60 bits per heavy atom. The molecule has 0 amide bonds. The van der Waals surface area contributed by atoms with Gasteiger partial charge >= 0.3 is 0 Å². The molecule has 0 N–H and O–H groups in total. The van der Waals surface area contributed by atoms with Crippen LogP contribution in [0, 0.1) is 0 Å². The SMILES string of the molecule is [2H]c1c([2H])c(-c2c([2H])c([2H])c([2H])c3c([2H])c([2H])c([2H])c([2H])c23)c([2H])c([2H])c1-c1c([2H])c([2H])c(N(c2c([2H])c([2H])c(-c3c([2H])c([2H])c([2H])c4c3oc3c([2H])c([2H])c([2H])c([2H])c34)c([2H])c2[2H])c2c([2H])c([2H])c([2H])c3oc4c([2H])c([2H])c([2H])c([2H])c4c23)c([2H])c1[2H]. The minimum absolute atomic E-state index is 0.383. The third-order valence-corrected chi connectivity index (χ3v) is 8.45. The van der Waals surface area contributed by atoms with E-state index < -0.39 is 304 Å². The zero-order chi connectivity index (χ0) is 65.0. The molecule has 3 nitrogen and oxygen atoms in total. The summed E-state index contributed by atoms with van der Waals surface area (Å²) >= 11 is 0. The monoisotopic (exact) mass is 736 g/mol. The molecule has 0 saturated heterocycles. The van der Waals surface area contributed by atoms with Gasteiger partial charge in [-0.25, -0.2) is 0 Å². The molecule has 3 heteroatoms. The quantitative estimate of drug-likeness (QED) is 0.170. The van der Waals surface area contributed by atoms with Gasteiger partial charge in [-0.05, 0) is 86.9 Å². The topological polar surface area (TPSA) is 29.5 Å². The lowest BCUT2D eigenvalue weighted by atomic mass is 9.96. The molecule has 9 aromatic carbocycles. The van der Waals surface area contributed by atoms with Crippen molar-refractivity contribution >= 4 is 71.7 Å². The van der Waals surface area contributed by atoms with Crippen LogP contribution in [-0.2, 0) is 0 Å². The van der Waals surface area contributed by atoms with Crippen LogP contribution in [-0.4, -0.2) is 0 Å². The van der Waals surface area contributed by atoms with Gasteiger partial charge in [-0.1, -0.05) is 151 Å². The van der Waals surface area contributed by atoms with Crippen LogP contribution in [0.15, 0.2) is 208 Å². The lowest BCUT2D eigenvalue weighted by molar-refractivity contribution is 0.669. The summed E-state index contributed by atoms with van der Waals surface area (Å²) in [5.74, 6) is 0. The van der Waals surface area contributed by atoms with Crippen molar-refractivity contribution in [2.75, 3.05) is 4.90 Å². The summed E-state index contributed by atoms with van der Waals surface area (Å²) in [5.41, 5.74) is -11.4. The smallest absolute Gasteiger partial charge is 0.143 e. The fraction of sp³-hybridized carbons (Fsp3) is 0. The Morgan fingerprint density at radius 2 is 0.836 bits per heavy atom. The van der Waals surface area contributed by atoms with Gasteiger partial charge in [-0.15, -0.1) is 0 Å². The minimum Gasteiger partial charge on any atom is -0.456 e. The molecule has 11 aromatic rings. The standard InChI is InChI=1S/C52H33NO2/c1-2-12-41-36(10-1)11-7-15-42(41)37-24-22-34(23-25-37)35-26-30-39(31-27-35)53(47-18-9-21-50-51(47)46-14-4-6-20-49(46)54-50)40-32-28-38(29-33-40)43-16-8-17-45-44-13-3-5-19-48(44)55-52(43)45/h1-33H/i1D,2D,3D,4D,5D,6D,7D,8D,9D,10D,11D,12D,13D,14D,15D,16D,17D,18D,19D,20D,21D,22D,23D,24D,25D,26D,27D,28D,29D,30D,31D,32D,33D. The number of fused-ring (bicyclic) bond motifs is 7. The number of hydrogen-bond donors (Lipinski definition) is 0. The number of benzene rings is 9. The van der Waals surface area contributed by atoms with E-state index in [1.807, 2.05) is 0 Å². The summed E-state index contributed by atoms with van der Waals surface area (Å²) < 4.78 is 309. The van der Waals surface area contributed by atoms with E-state index in [0.717, 1.165) is 0 Å². The summed E-state index contributed by atoms with van der Waals surface area (Å²) in [4.78, 5) is 0.383. The van der Waals surface area contributed by atoms with Gasteiger partial charge in [0, 0.05) is 33.1 Å². The predicted octanol–water partition coefficient (Wildman–Crippen LogP) is 15.1. The van der Waals surface area contributed by atoms with E-state index in [9.17, 15) is 17.8 Å². The second kappa shape index (κ2) is 12.6. The molecule has 0 fully saturated rings. The van der Waals surface area contributed by atoms with Crippen LogP contribution >= 0.6 is 0 Å². The normalized spacial score (nSPS) is 20.0. The number of furan rings is 2. The van der Waals surface area contributed by atoms with Crippen LogP contribution in [0.3, 0.4) is 0 Å². The molecule has 2 aromatic heterocycles. The van der Waals surface area contributed by atoms with Crippen LogP contribution in [0.1, 0.15) is 45.2 Å². The first kappa shape index (κ1) is 12.6. The van der Waals surface area contributed by atoms with Gasteiger partial charge in [0.2, 0.25) is 0 Å². The van der Waals surface area contributed by atoms with E-state index in [0.29, 0.717) is 4.90 Å². The molecule has 0 spiro atoms. The Kier molecular flexibility index (Phi) is 2.90. The summed E-state index contributed by atoms with van der Waals surface area (Å²) in [6, 6.07) is -33.7. The molecule has 0 bridgehead atoms. The molecule has 258 valence electrons. The van der Waals surface area contributed by atoms with Gasteiger partial charge in [-0.2, -0.15) is 0 Å². The van der Waals surface area contributed by atoms with Gasteiger partial charge in [0.25, 0.3) is 0 Å². The largest absolute Gasteiger partial charge is 0.456 e. The van der Waals surface area contributed by atoms with E-state index >= 15 is 0 Å². The zero-order valence-corrected chi connectivity index (χ0v) is 27.3. The first-order valence-electron chi connectivity index (χ1n) is 32.5. The molecule has 11 rings (SSSR count). The highest BCUT2D eigenvalue weighted by Crippen LogP contribution is 2.44. The van der Waals surface area contributed by atoms with Crippen molar-refractivity contribution in [1.29, 1.82) is 0 Å². The highest BCUT2D eigenvalue weighted by Gasteiger charge is 2.20. The number of para-hydroxylation sites is 3. The third kappa shape index (κ3) is 5.20. The van der Waals surface area contributed by atoms with Gasteiger partial charge in [0.05, 0.1) is 56.3 Å². The molecule has 0 aliphatic heterocycles. The maximum absolute atomic E-state index is 9.76. The van der Waals surface area contributed by atoms with Gasteiger partial charge in [0.1, 0.15) is 22.3 Å². The maximum atomic E-state index is 9.76. The molecule has 55 heavy (non-hydrogen) atoms. The summed E-state index contributed by atoms with van der Waals surface area (Å²) in [5, 5.41) is -3.59. The van der Waals surface area contributed by atoms with Crippen molar-refractivity contribution in [2.45, 2.75) is 0 Å². The highest BCUT2D eigenvalue weighted by molar-refractivity contribution is 6.13. The number of nitrogens with zero attached hydrogens (tertiary/aromatic N) is 1. The van der Waals surface area contributed by atoms with Crippen LogP contribution in [0.25, 0.3) is 88.0 Å². The summed E-state index contributed by atoms with van der Waals surface area (Å²) in [7, 11) is 0. The van der Waals surface area contributed by atoms with Crippen molar-refractivity contribution in [3.63, 3.8) is 0 Å². The molecule has 0 saturated carbocycles. The van der Waals surface area contributed by atoms with Crippen molar-refractivity contribution in [3.8, 4) is 33.4 Å². The minimum atomic E-state index is -1.33. The summed E-state index contributed by atoms with van der Waals surface area (Å²) in [6.45, 7) is 0. The van der Waals surface area contributed by atoms with Crippen LogP contribution < -0.4 is 4.90 Å². The van der Waals surface area contributed by atoms with E-state index in [1.165, 1.54) is 0 Å².